The van der Waals surface area contributed by atoms with Crippen molar-refractivity contribution in [1.82, 2.24) is 10.3 Å². The minimum atomic E-state index is -0.801. The highest BCUT2D eigenvalue weighted by Crippen LogP contribution is 2.09. The maximum atomic E-state index is 10.9. The number of carbonyl (C=O) groups is 1. The molecule has 4 nitrogen and oxygen atoms in total. The van der Waals surface area contributed by atoms with Gasteiger partial charge in [-0.1, -0.05) is 13.3 Å². The van der Waals surface area contributed by atoms with Crippen LogP contribution < -0.4 is 5.32 Å². The molecule has 1 rings (SSSR count). The zero-order chi connectivity index (χ0) is 12.0. The molecule has 0 bridgehead atoms. The van der Waals surface area contributed by atoms with Gasteiger partial charge in [0, 0.05) is 23.4 Å². The van der Waals surface area contributed by atoms with Crippen molar-refractivity contribution < 1.29 is 9.90 Å². The SMILES string of the molecule is CCCC(NCc1cncc(Br)c1)C(=O)O. The minimum Gasteiger partial charge on any atom is -0.480 e. The first-order valence-electron chi connectivity index (χ1n) is 5.19. The second kappa shape index (κ2) is 6.60. The van der Waals surface area contributed by atoms with Crippen molar-refractivity contribution in [2.24, 2.45) is 0 Å². The summed E-state index contributed by atoms with van der Waals surface area (Å²) in [5.74, 6) is -0.801. The third kappa shape index (κ3) is 4.28. The minimum absolute atomic E-state index is 0.482. The third-order valence-electron chi connectivity index (χ3n) is 2.19. The summed E-state index contributed by atoms with van der Waals surface area (Å²) in [6.45, 7) is 2.49. The largest absolute Gasteiger partial charge is 0.480 e. The van der Waals surface area contributed by atoms with Crippen LogP contribution in [-0.4, -0.2) is 22.1 Å². The average molecular weight is 287 g/mol. The molecule has 1 unspecified atom stereocenters. The number of aliphatic carboxylic acids is 1. The van der Waals surface area contributed by atoms with Crippen LogP contribution >= 0.6 is 15.9 Å². The molecule has 0 saturated carbocycles. The van der Waals surface area contributed by atoms with Gasteiger partial charge in [-0.2, -0.15) is 0 Å². The first-order chi connectivity index (χ1) is 7.63. The number of carboxylic acid groups (broad SMARTS) is 1. The first kappa shape index (κ1) is 13.1. The van der Waals surface area contributed by atoms with E-state index in [4.69, 9.17) is 5.11 Å². The Balaban J connectivity index is 2.51. The number of nitrogens with one attached hydrogen (secondary N) is 1. The average Bonchev–Trinajstić information content (AvgIpc) is 2.24. The molecular weight excluding hydrogens is 272 g/mol. The van der Waals surface area contributed by atoms with Crippen LogP contribution in [0.3, 0.4) is 0 Å². The van der Waals surface area contributed by atoms with Gasteiger partial charge in [0.2, 0.25) is 0 Å². The Morgan fingerprint density at radius 2 is 2.38 bits per heavy atom. The summed E-state index contributed by atoms with van der Waals surface area (Å²) in [7, 11) is 0. The standard InChI is InChI=1S/C11H15BrN2O2/c1-2-3-10(11(15)16)14-6-8-4-9(12)7-13-5-8/h4-5,7,10,14H,2-3,6H2,1H3,(H,15,16). The van der Waals surface area contributed by atoms with Crippen LogP contribution in [0.4, 0.5) is 0 Å². The summed E-state index contributed by atoms with van der Waals surface area (Å²) in [5.41, 5.74) is 0.969. The molecule has 0 aliphatic rings. The Morgan fingerprint density at radius 3 is 2.94 bits per heavy atom. The maximum Gasteiger partial charge on any atom is 0.320 e. The number of carboxylic acids is 1. The fourth-order valence-electron chi connectivity index (χ4n) is 1.40. The van der Waals surface area contributed by atoms with Crippen molar-refractivity contribution in [3.8, 4) is 0 Å². The molecule has 0 aromatic carbocycles. The predicted molar refractivity (Wildman–Crippen MR) is 65.1 cm³/mol. The van der Waals surface area contributed by atoms with E-state index in [9.17, 15) is 4.79 Å². The summed E-state index contributed by atoms with van der Waals surface area (Å²) in [6.07, 6.45) is 4.91. The van der Waals surface area contributed by atoms with E-state index in [1.165, 1.54) is 0 Å². The molecule has 1 aromatic heterocycles. The second-order valence-electron chi connectivity index (χ2n) is 3.57. The lowest BCUT2D eigenvalue weighted by molar-refractivity contribution is -0.139. The molecule has 1 atom stereocenters. The van der Waals surface area contributed by atoms with E-state index >= 15 is 0 Å². The topological polar surface area (TPSA) is 62.2 Å². The van der Waals surface area contributed by atoms with Crippen LogP contribution in [-0.2, 0) is 11.3 Å². The summed E-state index contributed by atoms with van der Waals surface area (Å²) in [6, 6.07) is 1.44. The molecule has 0 radical (unpaired) electrons. The van der Waals surface area contributed by atoms with Gasteiger partial charge >= 0.3 is 5.97 Å². The van der Waals surface area contributed by atoms with E-state index in [0.29, 0.717) is 13.0 Å². The summed E-state index contributed by atoms with van der Waals surface area (Å²) >= 11 is 3.32. The highest BCUT2D eigenvalue weighted by molar-refractivity contribution is 9.10. The quantitative estimate of drug-likeness (QED) is 0.842. The Kier molecular flexibility index (Phi) is 5.42. The third-order valence-corrected chi connectivity index (χ3v) is 2.62. The maximum absolute atomic E-state index is 10.9. The molecule has 0 amide bonds. The van der Waals surface area contributed by atoms with E-state index in [-0.39, 0.29) is 0 Å². The Morgan fingerprint density at radius 1 is 1.62 bits per heavy atom. The van der Waals surface area contributed by atoms with Gasteiger partial charge in [-0.3, -0.25) is 9.78 Å². The number of pyridine rings is 1. The highest BCUT2D eigenvalue weighted by atomic mass is 79.9. The lowest BCUT2D eigenvalue weighted by Crippen LogP contribution is -2.36. The van der Waals surface area contributed by atoms with E-state index in [0.717, 1.165) is 16.5 Å². The van der Waals surface area contributed by atoms with Crippen LogP contribution in [0.1, 0.15) is 25.3 Å². The van der Waals surface area contributed by atoms with Crippen LogP contribution in [0.2, 0.25) is 0 Å². The molecule has 5 heteroatoms. The van der Waals surface area contributed by atoms with E-state index in [2.05, 4.69) is 26.2 Å². The van der Waals surface area contributed by atoms with Gasteiger partial charge in [0.05, 0.1) is 0 Å². The van der Waals surface area contributed by atoms with Crippen molar-refractivity contribution in [2.45, 2.75) is 32.4 Å². The Hall–Kier alpha value is -0.940. The molecule has 0 aliphatic carbocycles. The number of halogens is 1. The number of hydrogen-bond acceptors (Lipinski definition) is 3. The van der Waals surface area contributed by atoms with Gasteiger partial charge in [-0.25, -0.2) is 0 Å². The van der Waals surface area contributed by atoms with E-state index < -0.39 is 12.0 Å². The molecule has 88 valence electrons. The number of aromatic nitrogens is 1. The smallest absolute Gasteiger partial charge is 0.320 e. The lowest BCUT2D eigenvalue weighted by atomic mass is 10.1. The van der Waals surface area contributed by atoms with E-state index in [1.807, 2.05) is 13.0 Å². The molecule has 1 heterocycles. The zero-order valence-electron chi connectivity index (χ0n) is 9.11. The van der Waals surface area contributed by atoms with E-state index in [1.54, 1.807) is 12.4 Å². The van der Waals surface area contributed by atoms with Crippen molar-refractivity contribution in [1.29, 1.82) is 0 Å². The van der Waals surface area contributed by atoms with Gasteiger partial charge in [0.1, 0.15) is 6.04 Å². The first-order valence-corrected chi connectivity index (χ1v) is 5.98. The summed E-state index contributed by atoms with van der Waals surface area (Å²) < 4.78 is 0.897. The molecule has 0 fully saturated rings. The summed E-state index contributed by atoms with van der Waals surface area (Å²) in [5, 5.41) is 12.0. The summed E-state index contributed by atoms with van der Waals surface area (Å²) in [4.78, 5) is 14.9. The molecule has 2 N–H and O–H groups in total. The Labute approximate surface area is 103 Å². The van der Waals surface area contributed by atoms with Crippen LogP contribution in [0, 0.1) is 0 Å². The van der Waals surface area contributed by atoms with Gasteiger partial charge < -0.3 is 10.4 Å². The second-order valence-corrected chi connectivity index (χ2v) is 4.49. The van der Waals surface area contributed by atoms with Gasteiger partial charge in [0.25, 0.3) is 0 Å². The molecule has 16 heavy (non-hydrogen) atoms. The fraction of sp³-hybridized carbons (Fsp3) is 0.455. The highest BCUT2D eigenvalue weighted by Gasteiger charge is 2.14. The monoisotopic (exact) mass is 286 g/mol. The molecule has 1 aromatic rings. The molecule has 0 spiro atoms. The van der Waals surface area contributed by atoms with Crippen molar-refractivity contribution in [2.75, 3.05) is 0 Å². The molecule has 0 aliphatic heterocycles. The zero-order valence-corrected chi connectivity index (χ0v) is 10.7. The normalized spacial score (nSPS) is 12.4. The van der Waals surface area contributed by atoms with Gasteiger partial charge in [-0.05, 0) is 34.0 Å². The molecular formula is C11H15BrN2O2. The lowest BCUT2D eigenvalue weighted by Gasteiger charge is -2.13. The van der Waals surface area contributed by atoms with Crippen LogP contribution in [0.5, 0.6) is 0 Å². The van der Waals surface area contributed by atoms with Crippen molar-refractivity contribution in [3.05, 3.63) is 28.5 Å². The predicted octanol–water partition coefficient (Wildman–Crippen LogP) is 2.19. The Bertz CT molecular complexity index is 358. The number of nitrogens with zero attached hydrogens (tertiary/aromatic N) is 1. The van der Waals surface area contributed by atoms with Crippen LogP contribution in [0.15, 0.2) is 22.9 Å². The molecule has 0 saturated heterocycles. The van der Waals surface area contributed by atoms with Crippen molar-refractivity contribution in [3.63, 3.8) is 0 Å². The van der Waals surface area contributed by atoms with Gasteiger partial charge in [-0.15, -0.1) is 0 Å². The fourth-order valence-corrected chi connectivity index (χ4v) is 1.81. The van der Waals surface area contributed by atoms with Gasteiger partial charge in [0.15, 0.2) is 0 Å². The number of hydrogen-bond donors (Lipinski definition) is 2. The number of rotatable bonds is 6. The van der Waals surface area contributed by atoms with Crippen molar-refractivity contribution >= 4 is 21.9 Å². The van der Waals surface area contributed by atoms with Crippen LogP contribution in [0.25, 0.3) is 0 Å².